The Morgan fingerprint density at radius 3 is 2.77 bits per heavy atom. The second kappa shape index (κ2) is 9.28. The number of nitro benzene ring substituents is 1. The molecule has 1 N–H and O–H groups in total. The summed E-state index contributed by atoms with van der Waals surface area (Å²) < 4.78 is 4.75. The molecule has 0 atom stereocenters. The van der Waals surface area contributed by atoms with Gasteiger partial charge in [-0.05, 0) is 18.6 Å². The number of para-hydroxylation sites is 1. The summed E-state index contributed by atoms with van der Waals surface area (Å²) in [7, 11) is 0. The van der Waals surface area contributed by atoms with Crippen molar-refractivity contribution in [2.45, 2.75) is 19.8 Å². The standard InChI is InChI=1S/C15H18N2O5/c1-2-3-10-16-14(18)11-22-15(19)9-8-12-6-4-5-7-13(12)17(20)21/h4-9H,2-3,10-11H2,1H3,(H,16,18)/b9-8+. The Morgan fingerprint density at radius 2 is 2.09 bits per heavy atom. The maximum Gasteiger partial charge on any atom is 0.331 e. The second-order valence-electron chi connectivity index (χ2n) is 4.46. The van der Waals surface area contributed by atoms with E-state index >= 15 is 0 Å². The number of esters is 1. The van der Waals surface area contributed by atoms with Crippen LogP contribution in [-0.4, -0.2) is 30.0 Å². The highest BCUT2D eigenvalue weighted by Crippen LogP contribution is 2.18. The van der Waals surface area contributed by atoms with E-state index in [2.05, 4.69) is 5.32 Å². The lowest BCUT2D eigenvalue weighted by Crippen LogP contribution is -2.29. The van der Waals surface area contributed by atoms with E-state index in [1.807, 2.05) is 6.92 Å². The first-order chi connectivity index (χ1) is 10.5. The van der Waals surface area contributed by atoms with E-state index in [9.17, 15) is 19.7 Å². The average molecular weight is 306 g/mol. The number of unbranched alkanes of at least 4 members (excludes halogenated alkanes) is 1. The lowest BCUT2D eigenvalue weighted by molar-refractivity contribution is -0.385. The van der Waals surface area contributed by atoms with Gasteiger partial charge in [-0.15, -0.1) is 0 Å². The number of amides is 1. The molecule has 1 aromatic rings. The number of hydrogen-bond donors (Lipinski definition) is 1. The SMILES string of the molecule is CCCCNC(=O)COC(=O)/C=C/c1ccccc1[N+](=O)[O-]. The third-order valence-corrected chi connectivity index (χ3v) is 2.73. The number of nitrogens with one attached hydrogen (secondary N) is 1. The molecular weight excluding hydrogens is 288 g/mol. The molecule has 7 nitrogen and oxygen atoms in total. The maximum absolute atomic E-state index is 11.5. The van der Waals surface area contributed by atoms with Gasteiger partial charge in [0.25, 0.3) is 11.6 Å². The maximum atomic E-state index is 11.5. The van der Waals surface area contributed by atoms with Gasteiger partial charge < -0.3 is 10.1 Å². The first kappa shape index (κ1) is 17.4. The molecule has 0 fully saturated rings. The van der Waals surface area contributed by atoms with Crippen molar-refractivity contribution in [3.63, 3.8) is 0 Å². The average Bonchev–Trinajstić information content (AvgIpc) is 2.51. The molecular formula is C15H18N2O5. The van der Waals surface area contributed by atoms with Crippen LogP contribution in [0.5, 0.6) is 0 Å². The van der Waals surface area contributed by atoms with Gasteiger partial charge in [0, 0.05) is 18.7 Å². The Balaban J connectivity index is 2.48. The van der Waals surface area contributed by atoms with Crippen LogP contribution in [0.4, 0.5) is 5.69 Å². The minimum absolute atomic E-state index is 0.108. The Kier molecular flexibility index (Phi) is 7.32. The predicted octanol–water partition coefficient (Wildman–Crippen LogP) is 2.07. The topological polar surface area (TPSA) is 98.5 Å². The highest BCUT2D eigenvalue weighted by Gasteiger charge is 2.10. The first-order valence-electron chi connectivity index (χ1n) is 6.89. The largest absolute Gasteiger partial charge is 0.452 e. The number of nitrogens with zero attached hydrogens (tertiary/aromatic N) is 1. The summed E-state index contributed by atoms with van der Waals surface area (Å²) >= 11 is 0. The van der Waals surface area contributed by atoms with Crippen molar-refractivity contribution >= 4 is 23.6 Å². The molecule has 7 heteroatoms. The van der Waals surface area contributed by atoms with Gasteiger partial charge in [0.1, 0.15) is 0 Å². The zero-order valence-corrected chi connectivity index (χ0v) is 12.3. The van der Waals surface area contributed by atoms with E-state index in [0.29, 0.717) is 6.54 Å². The molecule has 0 bridgehead atoms. The summed E-state index contributed by atoms with van der Waals surface area (Å²) in [6, 6.07) is 6.01. The minimum atomic E-state index is -0.733. The van der Waals surface area contributed by atoms with Crippen molar-refractivity contribution in [2.24, 2.45) is 0 Å². The molecule has 0 heterocycles. The number of hydrogen-bond acceptors (Lipinski definition) is 5. The molecule has 0 aliphatic carbocycles. The number of rotatable bonds is 8. The van der Waals surface area contributed by atoms with Crippen LogP contribution in [0.3, 0.4) is 0 Å². The van der Waals surface area contributed by atoms with Gasteiger partial charge in [-0.25, -0.2) is 4.79 Å². The Morgan fingerprint density at radius 1 is 1.36 bits per heavy atom. The zero-order chi connectivity index (χ0) is 16.4. The molecule has 0 saturated carbocycles. The van der Waals surface area contributed by atoms with Gasteiger partial charge in [-0.3, -0.25) is 14.9 Å². The summed E-state index contributed by atoms with van der Waals surface area (Å²) in [5.41, 5.74) is 0.181. The van der Waals surface area contributed by atoms with Crippen molar-refractivity contribution in [2.75, 3.05) is 13.2 Å². The van der Waals surface area contributed by atoms with E-state index in [4.69, 9.17) is 4.74 Å². The van der Waals surface area contributed by atoms with Crippen molar-refractivity contribution in [1.82, 2.24) is 5.32 Å². The molecule has 1 aromatic carbocycles. The number of ether oxygens (including phenoxy) is 1. The third kappa shape index (κ3) is 6.17. The quantitative estimate of drug-likeness (QED) is 0.260. The third-order valence-electron chi connectivity index (χ3n) is 2.73. The van der Waals surface area contributed by atoms with Gasteiger partial charge >= 0.3 is 5.97 Å². The van der Waals surface area contributed by atoms with Crippen molar-refractivity contribution in [3.8, 4) is 0 Å². The summed E-state index contributed by atoms with van der Waals surface area (Å²) in [6.45, 7) is 2.17. The molecule has 0 unspecified atom stereocenters. The van der Waals surface area contributed by atoms with E-state index in [1.54, 1.807) is 6.07 Å². The Labute approximate surface area is 128 Å². The molecule has 118 valence electrons. The fraction of sp³-hybridized carbons (Fsp3) is 0.333. The summed E-state index contributed by atoms with van der Waals surface area (Å²) in [6.07, 6.45) is 4.16. The smallest absolute Gasteiger partial charge is 0.331 e. The fourth-order valence-electron chi connectivity index (χ4n) is 1.59. The van der Waals surface area contributed by atoms with Gasteiger partial charge in [0.15, 0.2) is 6.61 Å². The number of benzene rings is 1. The van der Waals surface area contributed by atoms with Crippen LogP contribution >= 0.6 is 0 Å². The molecule has 1 amide bonds. The Bertz CT molecular complexity index is 569. The van der Waals surface area contributed by atoms with Crippen molar-refractivity contribution in [3.05, 3.63) is 46.0 Å². The van der Waals surface area contributed by atoms with Gasteiger partial charge in [-0.2, -0.15) is 0 Å². The Hall–Kier alpha value is -2.70. The fourth-order valence-corrected chi connectivity index (χ4v) is 1.59. The molecule has 0 radical (unpaired) electrons. The lowest BCUT2D eigenvalue weighted by Gasteiger charge is -2.04. The van der Waals surface area contributed by atoms with Crippen LogP contribution in [0, 0.1) is 10.1 Å². The summed E-state index contributed by atoms with van der Waals surface area (Å²) in [4.78, 5) is 33.1. The van der Waals surface area contributed by atoms with Crippen molar-refractivity contribution in [1.29, 1.82) is 0 Å². The van der Waals surface area contributed by atoms with Crippen LogP contribution in [0.15, 0.2) is 30.3 Å². The second-order valence-corrected chi connectivity index (χ2v) is 4.46. The molecule has 0 spiro atoms. The number of nitro groups is 1. The molecule has 22 heavy (non-hydrogen) atoms. The molecule has 0 aliphatic heterocycles. The summed E-state index contributed by atoms with van der Waals surface area (Å²) in [5, 5.41) is 13.4. The molecule has 0 aliphatic rings. The monoisotopic (exact) mass is 306 g/mol. The minimum Gasteiger partial charge on any atom is -0.452 e. The van der Waals surface area contributed by atoms with Gasteiger partial charge in [0.2, 0.25) is 0 Å². The van der Waals surface area contributed by atoms with E-state index in [-0.39, 0.29) is 23.8 Å². The molecule has 1 rings (SSSR count). The molecule has 0 aromatic heterocycles. The highest BCUT2D eigenvalue weighted by atomic mass is 16.6. The van der Waals surface area contributed by atoms with Crippen LogP contribution in [-0.2, 0) is 14.3 Å². The molecule has 0 saturated heterocycles. The van der Waals surface area contributed by atoms with Crippen LogP contribution in [0.1, 0.15) is 25.3 Å². The van der Waals surface area contributed by atoms with Crippen LogP contribution in [0.25, 0.3) is 6.08 Å². The predicted molar refractivity (Wildman–Crippen MR) is 81.0 cm³/mol. The summed E-state index contributed by atoms with van der Waals surface area (Å²) in [5.74, 6) is -1.11. The van der Waals surface area contributed by atoms with Gasteiger partial charge in [-0.1, -0.05) is 25.5 Å². The number of carbonyl (C=O) groups excluding carboxylic acids is 2. The van der Waals surface area contributed by atoms with Gasteiger partial charge in [0.05, 0.1) is 10.5 Å². The van der Waals surface area contributed by atoms with Crippen LogP contribution < -0.4 is 5.32 Å². The zero-order valence-electron chi connectivity index (χ0n) is 12.3. The van der Waals surface area contributed by atoms with E-state index in [1.165, 1.54) is 24.3 Å². The highest BCUT2D eigenvalue weighted by molar-refractivity contribution is 5.89. The lowest BCUT2D eigenvalue weighted by atomic mass is 10.1. The van der Waals surface area contributed by atoms with Crippen molar-refractivity contribution < 1.29 is 19.2 Å². The van der Waals surface area contributed by atoms with E-state index in [0.717, 1.165) is 18.9 Å². The van der Waals surface area contributed by atoms with E-state index < -0.39 is 10.9 Å². The normalized spacial score (nSPS) is 10.4. The first-order valence-corrected chi connectivity index (χ1v) is 6.89. The van der Waals surface area contributed by atoms with Crippen LogP contribution in [0.2, 0.25) is 0 Å². The number of carbonyl (C=O) groups is 2.